The van der Waals surface area contributed by atoms with Gasteiger partial charge < -0.3 is 9.64 Å². The van der Waals surface area contributed by atoms with E-state index in [1.54, 1.807) is 17.6 Å². The first kappa shape index (κ1) is 25.9. The lowest BCUT2D eigenvalue weighted by Gasteiger charge is -2.30. The summed E-state index contributed by atoms with van der Waals surface area (Å²) in [5.74, 6) is -1.24. The Balaban J connectivity index is 1.36. The molecule has 1 aliphatic carbocycles. The highest BCUT2D eigenvalue weighted by molar-refractivity contribution is 9.11. The SMILES string of the molecule is O=C(CC1(c2ccc(Br)s2)CCN(C(=O)OCC2c3ccccc3-c3ccccc32)CCS1(=O)=O)NO. The highest BCUT2D eigenvalue weighted by atomic mass is 79.9. The lowest BCUT2D eigenvalue weighted by atomic mass is 9.97. The number of nitrogens with one attached hydrogen (secondary N) is 1. The van der Waals surface area contributed by atoms with Crippen LogP contribution >= 0.6 is 27.3 Å². The van der Waals surface area contributed by atoms with Crippen molar-refractivity contribution < 1.29 is 28.0 Å². The van der Waals surface area contributed by atoms with Crippen molar-refractivity contribution in [3.05, 3.63) is 80.5 Å². The smallest absolute Gasteiger partial charge is 0.409 e. The van der Waals surface area contributed by atoms with Crippen LogP contribution in [0.5, 0.6) is 0 Å². The molecule has 1 aromatic heterocycles. The minimum atomic E-state index is -3.88. The predicted molar refractivity (Wildman–Crippen MR) is 143 cm³/mol. The number of hydrogen-bond acceptors (Lipinski definition) is 7. The Kier molecular flexibility index (Phi) is 7.14. The Morgan fingerprint density at radius 3 is 2.30 bits per heavy atom. The molecule has 2 N–H and O–H groups in total. The fourth-order valence-corrected chi connectivity index (χ4v) is 9.28. The van der Waals surface area contributed by atoms with E-state index in [0.29, 0.717) is 4.88 Å². The summed E-state index contributed by atoms with van der Waals surface area (Å²) < 4.78 is 32.0. The van der Waals surface area contributed by atoms with Crippen LogP contribution < -0.4 is 5.48 Å². The van der Waals surface area contributed by atoms with Crippen LogP contribution in [-0.4, -0.2) is 56.0 Å². The van der Waals surface area contributed by atoms with Crippen molar-refractivity contribution in [2.75, 3.05) is 25.4 Å². The minimum Gasteiger partial charge on any atom is -0.448 e. The number of carbonyl (C=O) groups excluding carboxylic acids is 2. The van der Waals surface area contributed by atoms with Crippen molar-refractivity contribution >= 4 is 49.1 Å². The number of fused-ring (bicyclic) bond motifs is 3. The highest BCUT2D eigenvalue weighted by Gasteiger charge is 2.50. The third kappa shape index (κ3) is 4.69. The summed E-state index contributed by atoms with van der Waals surface area (Å²) in [6.45, 7) is 0.171. The Bertz CT molecular complexity index is 1410. The molecule has 3 aromatic rings. The summed E-state index contributed by atoms with van der Waals surface area (Å²) in [4.78, 5) is 27.2. The van der Waals surface area contributed by atoms with Gasteiger partial charge in [-0.15, -0.1) is 11.3 Å². The largest absolute Gasteiger partial charge is 0.448 e. The van der Waals surface area contributed by atoms with Gasteiger partial charge in [0.25, 0.3) is 0 Å². The van der Waals surface area contributed by atoms with Gasteiger partial charge in [0.05, 0.1) is 16.0 Å². The summed E-state index contributed by atoms with van der Waals surface area (Å²) in [7, 11) is -3.88. The van der Waals surface area contributed by atoms with Crippen molar-refractivity contribution in [2.45, 2.75) is 23.5 Å². The molecule has 194 valence electrons. The van der Waals surface area contributed by atoms with Gasteiger partial charge in [-0.05, 0) is 56.7 Å². The van der Waals surface area contributed by atoms with Crippen LogP contribution in [0.1, 0.15) is 34.8 Å². The van der Waals surface area contributed by atoms with Gasteiger partial charge in [-0.1, -0.05) is 48.5 Å². The van der Waals surface area contributed by atoms with Crippen molar-refractivity contribution in [1.29, 1.82) is 0 Å². The van der Waals surface area contributed by atoms with Gasteiger partial charge in [0, 0.05) is 23.9 Å². The Hall–Kier alpha value is -2.73. The van der Waals surface area contributed by atoms with Crippen LogP contribution in [0, 0.1) is 0 Å². The van der Waals surface area contributed by atoms with Crippen LogP contribution in [0.15, 0.2) is 64.5 Å². The maximum absolute atomic E-state index is 13.5. The highest BCUT2D eigenvalue weighted by Crippen LogP contribution is 2.46. The topological polar surface area (TPSA) is 113 Å². The van der Waals surface area contributed by atoms with Crippen molar-refractivity contribution in [1.82, 2.24) is 10.4 Å². The number of thiophene rings is 1. The standard InChI is InChI=1S/C26H25BrN2O6S2/c27-23-10-9-22(36-23)26(15-24(30)28-32)11-12-29(13-14-37(26,33)34)25(31)35-16-21-19-7-3-1-5-17(19)18-6-2-4-8-20(18)21/h1-10,21,32H,11-16H2,(H,28,30). The van der Waals surface area contributed by atoms with Gasteiger partial charge in [0.1, 0.15) is 11.4 Å². The molecule has 8 nitrogen and oxygen atoms in total. The third-order valence-electron chi connectivity index (χ3n) is 7.20. The average molecular weight is 606 g/mol. The van der Waals surface area contributed by atoms with E-state index in [1.807, 2.05) is 36.4 Å². The number of benzene rings is 2. The maximum atomic E-state index is 13.5. The third-order valence-corrected chi connectivity index (χ3v) is 11.6. The van der Waals surface area contributed by atoms with Gasteiger partial charge >= 0.3 is 6.09 Å². The fourth-order valence-electron chi connectivity index (χ4n) is 5.30. The van der Waals surface area contributed by atoms with Gasteiger partial charge in [0.2, 0.25) is 5.91 Å². The van der Waals surface area contributed by atoms with E-state index >= 15 is 0 Å². The second kappa shape index (κ2) is 10.2. The number of carbonyl (C=O) groups is 2. The normalized spacial score (nSPS) is 20.5. The molecule has 5 rings (SSSR count). The summed E-state index contributed by atoms with van der Waals surface area (Å²) in [6.07, 6.45) is -1.04. The molecule has 1 aliphatic heterocycles. The molecular weight excluding hydrogens is 580 g/mol. The number of halogens is 1. The Morgan fingerprint density at radius 1 is 1.05 bits per heavy atom. The molecule has 2 aliphatic rings. The van der Waals surface area contributed by atoms with E-state index in [2.05, 4.69) is 28.1 Å². The zero-order valence-electron chi connectivity index (χ0n) is 19.7. The quantitative estimate of drug-likeness (QED) is 0.323. The molecule has 0 bridgehead atoms. The zero-order chi connectivity index (χ0) is 26.2. The van der Waals surface area contributed by atoms with Gasteiger partial charge in [-0.2, -0.15) is 0 Å². The minimum absolute atomic E-state index is 0.0000972. The van der Waals surface area contributed by atoms with Crippen LogP contribution in [0.2, 0.25) is 0 Å². The second-order valence-electron chi connectivity index (χ2n) is 9.17. The molecule has 37 heavy (non-hydrogen) atoms. The van der Waals surface area contributed by atoms with Crippen molar-refractivity contribution in [3.8, 4) is 11.1 Å². The van der Waals surface area contributed by atoms with E-state index in [1.165, 1.54) is 16.2 Å². The molecule has 0 radical (unpaired) electrons. The molecular formula is C26H25BrN2O6S2. The number of rotatable bonds is 5. The molecule has 1 atom stereocenters. The molecule has 2 heterocycles. The summed E-state index contributed by atoms with van der Waals surface area (Å²) in [5, 5.41) is 9.14. The average Bonchev–Trinajstić information content (AvgIpc) is 3.43. The molecule has 0 saturated carbocycles. The molecule has 2 amide bonds. The van der Waals surface area contributed by atoms with E-state index in [0.717, 1.165) is 26.0 Å². The summed E-state index contributed by atoms with van der Waals surface area (Å²) in [5.41, 5.74) is 5.98. The predicted octanol–water partition coefficient (Wildman–Crippen LogP) is 4.67. The molecule has 1 saturated heterocycles. The first-order valence-electron chi connectivity index (χ1n) is 11.8. The molecule has 1 unspecified atom stereocenters. The number of amides is 2. The van der Waals surface area contributed by atoms with E-state index < -0.39 is 33.0 Å². The van der Waals surface area contributed by atoms with Gasteiger partial charge in [-0.25, -0.2) is 18.7 Å². The molecule has 0 spiro atoms. The first-order valence-corrected chi connectivity index (χ1v) is 15.0. The Labute approximate surface area is 227 Å². The number of nitrogens with zero attached hydrogens (tertiary/aromatic N) is 1. The first-order chi connectivity index (χ1) is 17.8. The van der Waals surface area contributed by atoms with Gasteiger partial charge in [-0.3, -0.25) is 10.0 Å². The fraction of sp³-hybridized carbons (Fsp3) is 0.308. The summed E-state index contributed by atoms with van der Waals surface area (Å²) >= 11 is 4.59. The lowest BCUT2D eigenvalue weighted by molar-refractivity contribution is -0.129. The van der Waals surface area contributed by atoms with Crippen LogP contribution in [0.4, 0.5) is 4.79 Å². The Morgan fingerprint density at radius 2 is 1.70 bits per heavy atom. The maximum Gasteiger partial charge on any atom is 0.409 e. The van der Waals surface area contributed by atoms with E-state index in [4.69, 9.17) is 9.94 Å². The number of hydroxylamine groups is 1. The molecule has 11 heteroatoms. The van der Waals surface area contributed by atoms with E-state index in [-0.39, 0.29) is 37.8 Å². The molecule has 1 fully saturated rings. The lowest BCUT2D eigenvalue weighted by Crippen LogP contribution is -2.41. The second-order valence-corrected chi connectivity index (χ2v) is 14.1. The van der Waals surface area contributed by atoms with Crippen LogP contribution in [-0.2, 0) is 24.1 Å². The number of ether oxygens (including phenoxy) is 1. The monoisotopic (exact) mass is 604 g/mol. The van der Waals surface area contributed by atoms with Gasteiger partial charge in [0.15, 0.2) is 9.84 Å². The van der Waals surface area contributed by atoms with Crippen molar-refractivity contribution in [3.63, 3.8) is 0 Å². The van der Waals surface area contributed by atoms with Crippen molar-refractivity contribution in [2.24, 2.45) is 0 Å². The zero-order valence-corrected chi connectivity index (χ0v) is 22.9. The molecule has 2 aromatic carbocycles. The number of hydrogen-bond donors (Lipinski definition) is 2. The van der Waals surface area contributed by atoms with Crippen LogP contribution in [0.25, 0.3) is 11.1 Å². The van der Waals surface area contributed by atoms with Crippen LogP contribution in [0.3, 0.4) is 0 Å². The van der Waals surface area contributed by atoms with E-state index in [9.17, 15) is 18.0 Å². The number of sulfone groups is 1. The summed E-state index contributed by atoms with van der Waals surface area (Å²) in [6, 6.07) is 19.5.